The third-order valence-electron chi connectivity index (χ3n) is 4.61. The minimum atomic E-state index is -0.579. The van der Waals surface area contributed by atoms with Gasteiger partial charge in [-0.05, 0) is 43.6 Å². The predicted molar refractivity (Wildman–Crippen MR) is 87.3 cm³/mol. The fourth-order valence-electron chi connectivity index (χ4n) is 3.57. The van der Waals surface area contributed by atoms with E-state index >= 15 is 0 Å². The number of thioether (sulfide) groups is 1. The summed E-state index contributed by atoms with van der Waals surface area (Å²) in [4.78, 5) is 27.4. The molecular formula is C16H28N2O2S. The Kier molecular flexibility index (Phi) is 5.58. The number of carbonyl (C=O) groups is 2. The number of carbonyl (C=O) groups excluding carboxylic acids is 2. The molecule has 120 valence electrons. The predicted octanol–water partition coefficient (Wildman–Crippen LogP) is 2.43. The van der Waals surface area contributed by atoms with Crippen LogP contribution in [0.15, 0.2) is 0 Å². The summed E-state index contributed by atoms with van der Waals surface area (Å²) in [6.07, 6.45) is 7.50. The fraction of sp³-hybridized carbons (Fsp3) is 0.875. The quantitative estimate of drug-likeness (QED) is 0.766. The average molecular weight is 312 g/mol. The molecule has 0 radical (unpaired) electrons. The highest BCUT2D eigenvalue weighted by Gasteiger charge is 2.51. The van der Waals surface area contributed by atoms with Crippen LogP contribution in [0.2, 0.25) is 0 Å². The first kappa shape index (κ1) is 16.7. The molecule has 2 fully saturated rings. The number of nitrogens with zero attached hydrogens (tertiary/aromatic N) is 1. The van der Waals surface area contributed by atoms with E-state index in [1.54, 1.807) is 11.8 Å². The van der Waals surface area contributed by atoms with Crippen LogP contribution in [0.5, 0.6) is 0 Å². The van der Waals surface area contributed by atoms with Crippen molar-refractivity contribution in [2.24, 2.45) is 5.92 Å². The van der Waals surface area contributed by atoms with Crippen molar-refractivity contribution in [1.82, 2.24) is 10.2 Å². The molecule has 1 saturated carbocycles. The Hall–Kier alpha value is -0.710. The standard InChI is InChI=1S/C16H28N2O2S/c1-12(2)11-13-14(19)17-16(7-4-5-8-16)15(20)18(13)9-6-10-21-3/h12-13H,4-11H2,1-3H3,(H,17,19). The van der Waals surface area contributed by atoms with Gasteiger partial charge in [0.2, 0.25) is 11.8 Å². The molecule has 1 saturated heterocycles. The first-order valence-electron chi connectivity index (χ1n) is 8.12. The molecule has 0 aromatic carbocycles. The first-order chi connectivity index (χ1) is 10.00. The van der Waals surface area contributed by atoms with E-state index < -0.39 is 5.54 Å². The Balaban J connectivity index is 2.16. The molecule has 1 unspecified atom stereocenters. The van der Waals surface area contributed by atoms with Crippen molar-refractivity contribution >= 4 is 23.6 Å². The van der Waals surface area contributed by atoms with Crippen LogP contribution in [0.1, 0.15) is 52.4 Å². The Morgan fingerprint density at radius 3 is 2.57 bits per heavy atom. The lowest BCUT2D eigenvalue weighted by Gasteiger charge is -2.45. The molecule has 4 nitrogen and oxygen atoms in total. The molecule has 2 aliphatic rings. The highest BCUT2D eigenvalue weighted by Crippen LogP contribution is 2.35. The molecule has 2 rings (SSSR count). The van der Waals surface area contributed by atoms with E-state index in [0.29, 0.717) is 12.5 Å². The van der Waals surface area contributed by atoms with Crippen molar-refractivity contribution in [2.45, 2.75) is 64.0 Å². The van der Waals surface area contributed by atoms with Crippen molar-refractivity contribution in [3.63, 3.8) is 0 Å². The van der Waals surface area contributed by atoms with Crippen molar-refractivity contribution in [1.29, 1.82) is 0 Å². The third-order valence-corrected chi connectivity index (χ3v) is 5.31. The van der Waals surface area contributed by atoms with Gasteiger partial charge in [-0.1, -0.05) is 26.7 Å². The van der Waals surface area contributed by atoms with Crippen molar-refractivity contribution < 1.29 is 9.59 Å². The Morgan fingerprint density at radius 2 is 2.00 bits per heavy atom. The maximum Gasteiger partial charge on any atom is 0.249 e. The van der Waals surface area contributed by atoms with E-state index in [-0.39, 0.29) is 17.9 Å². The van der Waals surface area contributed by atoms with E-state index in [4.69, 9.17) is 0 Å². The number of nitrogens with one attached hydrogen (secondary N) is 1. The maximum absolute atomic E-state index is 13.0. The molecule has 1 aliphatic heterocycles. The number of hydrogen-bond donors (Lipinski definition) is 1. The van der Waals surface area contributed by atoms with Gasteiger partial charge in [-0.15, -0.1) is 0 Å². The zero-order valence-electron chi connectivity index (χ0n) is 13.5. The van der Waals surface area contributed by atoms with Gasteiger partial charge >= 0.3 is 0 Å². The Morgan fingerprint density at radius 1 is 1.33 bits per heavy atom. The van der Waals surface area contributed by atoms with Crippen molar-refractivity contribution in [3.05, 3.63) is 0 Å². The maximum atomic E-state index is 13.0. The smallest absolute Gasteiger partial charge is 0.249 e. The molecule has 21 heavy (non-hydrogen) atoms. The van der Waals surface area contributed by atoms with Crippen molar-refractivity contribution in [2.75, 3.05) is 18.6 Å². The molecule has 1 aliphatic carbocycles. The SMILES string of the molecule is CSCCCN1C(=O)C2(CCCC2)NC(=O)C1CC(C)C. The van der Waals surface area contributed by atoms with Crippen LogP contribution >= 0.6 is 11.8 Å². The number of amides is 2. The molecule has 5 heteroatoms. The lowest BCUT2D eigenvalue weighted by Crippen LogP contribution is -2.69. The average Bonchev–Trinajstić information content (AvgIpc) is 2.88. The lowest BCUT2D eigenvalue weighted by atomic mass is 9.88. The van der Waals surface area contributed by atoms with Crippen LogP contribution in [-0.2, 0) is 9.59 Å². The van der Waals surface area contributed by atoms with Gasteiger partial charge in [-0.25, -0.2) is 0 Å². The highest BCUT2D eigenvalue weighted by molar-refractivity contribution is 7.98. The number of hydrogen-bond acceptors (Lipinski definition) is 3. The molecule has 0 aromatic heterocycles. The summed E-state index contributed by atoms with van der Waals surface area (Å²) < 4.78 is 0. The summed E-state index contributed by atoms with van der Waals surface area (Å²) in [6.45, 7) is 4.93. The van der Waals surface area contributed by atoms with Gasteiger partial charge in [0.05, 0.1) is 0 Å². The summed E-state index contributed by atoms with van der Waals surface area (Å²) in [6, 6.07) is -0.273. The summed E-state index contributed by atoms with van der Waals surface area (Å²) in [5.74, 6) is 1.68. The summed E-state index contributed by atoms with van der Waals surface area (Å²) in [7, 11) is 0. The molecule has 0 bridgehead atoms. The van der Waals surface area contributed by atoms with Crippen LogP contribution in [0.4, 0.5) is 0 Å². The number of piperazine rings is 1. The molecule has 1 heterocycles. The Labute approximate surface area is 132 Å². The van der Waals surface area contributed by atoms with Crippen LogP contribution in [-0.4, -0.2) is 46.8 Å². The fourth-order valence-corrected chi connectivity index (χ4v) is 3.98. The lowest BCUT2D eigenvalue weighted by molar-refractivity contribution is -0.155. The summed E-state index contributed by atoms with van der Waals surface area (Å²) >= 11 is 1.79. The van der Waals surface area contributed by atoms with Crippen LogP contribution < -0.4 is 5.32 Å². The molecule has 1 atom stereocenters. The zero-order chi connectivity index (χ0) is 15.5. The Bertz CT molecular complexity index is 392. The zero-order valence-corrected chi connectivity index (χ0v) is 14.3. The molecule has 0 aromatic rings. The molecular weight excluding hydrogens is 284 g/mol. The van der Waals surface area contributed by atoms with Crippen LogP contribution in [0, 0.1) is 5.92 Å². The second-order valence-electron chi connectivity index (χ2n) is 6.77. The van der Waals surface area contributed by atoms with E-state index in [1.165, 1.54) is 0 Å². The first-order valence-corrected chi connectivity index (χ1v) is 9.51. The minimum Gasteiger partial charge on any atom is -0.340 e. The summed E-state index contributed by atoms with van der Waals surface area (Å²) in [5.41, 5.74) is -0.579. The molecule has 2 amide bonds. The summed E-state index contributed by atoms with van der Waals surface area (Å²) in [5, 5.41) is 3.08. The minimum absolute atomic E-state index is 0.0642. The third kappa shape index (κ3) is 3.55. The van der Waals surface area contributed by atoms with E-state index in [1.807, 2.05) is 4.90 Å². The molecule has 1 spiro atoms. The van der Waals surface area contributed by atoms with E-state index in [0.717, 1.165) is 44.3 Å². The van der Waals surface area contributed by atoms with Gasteiger partial charge in [0, 0.05) is 6.54 Å². The van der Waals surface area contributed by atoms with Gasteiger partial charge in [0.1, 0.15) is 11.6 Å². The van der Waals surface area contributed by atoms with Gasteiger partial charge < -0.3 is 10.2 Å². The monoisotopic (exact) mass is 312 g/mol. The van der Waals surface area contributed by atoms with Crippen molar-refractivity contribution in [3.8, 4) is 0 Å². The van der Waals surface area contributed by atoms with Gasteiger partial charge in [-0.2, -0.15) is 11.8 Å². The largest absolute Gasteiger partial charge is 0.340 e. The van der Waals surface area contributed by atoms with Crippen LogP contribution in [0.3, 0.4) is 0 Å². The van der Waals surface area contributed by atoms with Crippen LogP contribution in [0.25, 0.3) is 0 Å². The second kappa shape index (κ2) is 7.03. The second-order valence-corrected chi connectivity index (χ2v) is 7.75. The van der Waals surface area contributed by atoms with Gasteiger partial charge in [-0.3, -0.25) is 9.59 Å². The van der Waals surface area contributed by atoms with E-state index in [2.05, 4.69) is 25.4 Å². The highest BCUT2D eigenvalue weighted by atomic mass is 32.2. The number of rotatable bonds is 6. The normalized spacial score (nSPS) is 25.0. The molecule has 1 N–H and O–H groups in total. The topological polar surface area (TPSA) is 49.4 Å². The van der Waals surface area contributed by atoms with Gasteiger partial charge in [0.25, 0.3) is 0 Å². The van der Waals surface area contributed by atoms with E-state index in [9.17, 15) is 9.59 Å². The van der Waals surface area contributed by atoms with Gasteiger partial charge in [0.15, 0.2) is 0 Å².